The van der Waals surface area contributed by atoms with Gasteiger partial charge in [-0.25, -0.2) is 15.8 Å². The molecule has 1 aliphatic rings. The SMILES string of the molecule is CCC(C)C(C)Nc1cc(NN)nc(C2CC2)n1. The maximum atomic E-state index is 5.46. The Morgan fingerprint density at radius 2 is 2.00 bits per heavy atom. The molecular weight excluding hydrogens is 226 g/mol. The third kappa shape index (κ3) is 3.10. The number of hydrogen-bond donors (Lipinski definition) is 3. The van der Waals surface area contributed by atoms with E-state index in [9.17, 15) is 0 Å². The average molecular weight is 249 g/mol. The minimum atomic E-state index is 0.391. The Bertz CT molecular complexity index is 402. The topological polar surface area (TPSA) is 75.9 Å². The van der Waals surface area contributed by atoms with Gasteiger partial charge in [0.15, 0.2) is 0 Å². The molecule has 5 nitrogen and oxygen atoms in total. The lowest BCUT2D eigenvalue weighted by molar-refractivity contribution is 0.493. The van der Waals surface area contributed by atoms with E-state index in [0.717, 1.165) is 18.1 Å². The van der Waals surface area contributed by atoms with Gasteiger partial charge in [0, 0.05) is 18.0 Å². The van der Waals surface area contributed by atoms with E-state index >= 15 is 0 Å². The third-order valence-electron chi connectivity index (χ3n) is 3.71. The first-order chi connectivity index (χ1) is 8.63. The maximum Gasteiger partial charge on any atom is 0.145 e. The fourth-order valence-corrected chi connectivity index (χ4v) is 1.87. The first kappa shape index (κ1) is 13.1. The Hall–Kier alpha value is -1.36. The highest BCUT2D eigenvalue weighted by Gasteiger charge is 2.27. The Labute approximate surface area is 109 Å². The fraction of sp³-hybridized carbons (Fsp3) is 0.692. The van der Waals surface area contributed by atoms with E-state index in [2.05, 4.69) is 41.5 Å². The highest BCUT2D eigenvalue weighted by atomic mass is 15.3. The molecule has 2 rings (SSSR count). The van der Waals surface area contributed by atoms with Gasteiger partial charge in [0.2, 0.25) is 0 Å². The van der Waals surface area contributed by atoms with Crippen LogP contribution in [0, 0.1) is 5.92 Å². The van der Waals surface area contributed by atoms with Gasteiger partial charge in [0.1, 0.15) is 17.5 Å². The molecule has 100 valence electrons. The van der Waals surface area contributed by atoms with Crippen LogP contribution in [0.1, 0.15) is 51.8 Å². The van der Waals surface area contributed by atoms with E-state index in [-0.39, 0.29) is 0 Å². The predicted molar refractivity (Wildman–Crippen MR) is 74.4 cm³/mol. The molecule has 0 bridgehead atoms. The molecule has 1 saturated carbocycles. The standard InChI is InChI=1S/C13H23N5/c1-4-8(2)9(3)15-11-7-12(18-14)17-13(16-11)10-5-6-10/h7-10H,4-6,14H2,1-3H3,(H2,15,16,17,18). The third-order valence-corrected chi connectivity index (χ3v) is 3.71. The van der Waals surface area contributed by atoms with Crippen molar-refractivity contribution >= 4 is 11.6 Å². The Balaban J connectivity index is 2.13. The van der Waals surface area contributed by atoms with Crippen molar-refractivity contribution < 1.29 is 0 Å². The average Bonchev–Trinajstić information content (AvgIpc) is 3.21. The van der Waals surface area contributed by atoms with E-state index in [1.807, 2.05) is 6.07 Å². The minimum Gasteiger partial charge on any atom is -0.367 e. The lowest BCUT2D eigenvalue weighted by Gasteiger charge is -2.21. The van der Waals surface area contributed by atoms with Crippen LogP contribution in [0.25, 0.3) is 0 Å². The molecule has 1 aromatic heterocycles. The Kier molecular flexibility index (Phi) is 4.01. The molecular formula is C13H23N5. The number of nitrogen functional groups attached to an aromatic ring is 1. The zero-order chi connectivity index (χ0) is 13.1. The van der Waals surface area contributed by atoms with Crippen molar-refractivity contribution in [3.63, 3.8) is 0 Å². The molecule has 0 saturated heterocycles. The number of nitrogens with one attached hydrogen (secondary N) is 2. The van der Waals surface area contributed by atoms with Crippen LogP contribution in [0.5, 0.6) is 0 Å². The minimum absolute atomic E-state index is 0.391. The highest BCUT2D eigenvalue weighted by Crippen LogP contribution is 2.38. The summed E-state index contributed by atoms with van der Waals surface area (Å²) in [6.07, 6.45) is 3.53. The van der Waals surface area contributed by atoms with Gasteiger partial charge in [-0.15, -0.1) is 0 Å². The van der Waals surface area contributed by atoms with Gasteiger partial charge in [0.05, 0.1) is 0 Å². The summed E-state index contributed by atoms with van der Waals surface area (Å²) < 4.78 is 0. The van der Waals surface area contributed by atoms with E-state index in [0.29, 0.717) is 23.7 Å². The van der Waals surface area contributed by atoms with Crippen molar-refractivity contribution in [3.05, 3.63) is 11.9 Å². The van der Waals surface area contributed by atoms with Gasteiger partial charge in [-0.3, -0.25) is 0 Å². The predicted octanol–water partition coefficient (Wildman–Crippen LogP) is 2.49. The number of nitrogens with zero attached hydrogens (tertiary/aromatic N) is 2. The molecule has 0 spiro atoms. The van der Waals surface area contributed by atoms with Crippen LogP contribution >= 0.6 is 0 Å². The summed E-state index contributed by atoms with van der Waals surface area (Å²) in [4.78, 5) is 8.98. The van der Waals surface area contributed by atoms with Gasteiger partial charge in [-0.05, 0) is 25.7 Å². The molecule has 0 radical (unpaired) electrons. The normalized spacial score (nSPS) is 18.2. The van der Waals surface area contributed by atoms with Gasteiger partial charge < -0.3 is 10.7 Å². The van der Waals surface area contributed by atoms with E-state index < -0.39 is 0 Å². The number of rotatable bonds is 6. The Morgan fingerprint density at radius 1 is 1.33 bits per heavy atom. The van der Waals surface area contributed by atoms with E-state index in [1.165, 1.54) is 12.8 Å². The summed E-state index contributed by atoms with van der Waals surface area (Å²) in [5.41, 5.74) is 2.62. The van der Waals surface area contributed by atoms with Crippen molar-refractivity contribution in [1.82, 2.24) is 9.97 Å². The van der Waals surface area contributed by atoms with Gasteiger partial charge in [-0.2, -0.15) is 0 Å². The van der Waals surface area contributed by atoms with Crippen LogP contribution in [0.3, 0.4) is 0 Å². The van der Waals surface area contributed by atoms with Gasteiger partial charge in [0.25, 0.3) is 0 Å². The van der Waals surface area contributed by atoms with E-state index in [1.54, 1.807) is 0 Å². The molecule has 0 amide bonds. The zero-order valence-corrected chi connectivity index (χ0v) is 11.4. The quantitative estimate of drug-likeness (QED) is 0.533. The van der Waals surface area contributed by atoms with Crippen molar-refractivity contribution in [2.24, 2.45) is 11.8 Å². The number of hydrogen-bond acceptors (Lipinski definition) is 5. The molecule has 1 fully saturated rings. The van der Waals surface area contributed by atoms with E-state index in [4.69, 9.17) is 5.84 Å². The zero-order valence-electron chi connectivity index (χ0n) is 11.4. The van der Waals surface area contributed by atoms with Crippen molar-refractivity contribution in [2.75, 3.05) is 10.7 Å². The molecule has 1 aliphatic carbocycles. The van der Waals surface area contributed by atoms with Crippen LogP contribution in [0.2, 0.25) is 0 Å². The molecule has 0 aliphatic heterocycles. The van der Waals surface area contributed by atoms with Crippen molar-refractivity contribution in [3.8, 4) is 0 Å². The van der Waals surface area contributed by atoms with Gasteiger partial charge in [-0.1, -0.05) is 20.3 Å². The molecule has 4 N–H and O–H groups in total. The second-order valence-electron chi connectivity index (χ2n) is 5.23. The molecule has 2 atom stereocenters. The summed E-state index contributed by atoms with van der Waals surface area (Å²) in [7, 11) is 0. The first-order valence-electron chi connectivity index (χ1n) is 6.76. The van der Waals surface area contributed by atoms with Gasteiger partial charge >= 0.3 is 0 Å². The van der Waals surface area contributed by atoms with Crippen LogP contribution in [-0.2, 0) is 0 Å². The molecule has 2 unspecified atom stereocenters. The second kappa shape index (κ2) is 5.52. The van der Waals surface area contributed by atoms with Crippen LogP contribution < -0.4 is 16.6 Å². The monoisotopic (exact) mass is 249 g/mol. The maximum absolute atomic E-state index is 5.46. The molecule has 0 aromatic carbocycles. The largest absolute Gasteiger partial charge is 0.367 e. The summed E-state index contributed by atoms with van der Waals surface area (Å²) >= 11 is 0. The molecule has 1 heterocycles. The van der Waals surface area contributed by atoms with Crippen molar-refractivity contribution in [2.45, 2.75) is 52.0 Å². The number of anilines is 2. The van der Waals surface area contributed by atoms with Crippen molar-refractivity contribution in [1.29, 1.82) is 0 Å². The summed E-state index contributed by atoms with van der Waals surface area (Å²) in [5.74, 6) is 9.05. The molecule has 5 heteroatoms. The Morgan fingerprint density at radius 3 is 2.56 bits per heavy atom. The number of aromatic nitrogens is 2. The molecule has 18 heavy (non-hydrogen) atoms. The van der Waals surface area contributed by atoms with Crippen LogP contribution in [-0.4, -0.2) is 16.0 Å². The lowest BCUT2D eigenvalue weighted by atomic mass is 10.0. The number of hydrazine groups is 1. The van der Waals surface area contributed by atoms with Crippen LogP contribution in [0.15, 0.2) is 6.07 Å². The lowest BCUT2D eigenvalue weighted by Crippen LogP contribution is -2.24. The number of nitrogens with two attached hydrogens (primary N) is 1. The smallest absolute Gasteiger partial charge is 0.145 e. The first-order valence-corrected chi connectivity index (χ1v) is 6.76. The summed E-state index contributed by atoms with van der Waals surface area (Å²) in [6.45, 7) is 6.62. The fourth-order valence-electron chi connectivity index (χ4n) is 1.87. The molecule has 1 aromatic rings. The summed E-state index contributed by atoms with van der Waals surface area (Å²) in [6, 6.07) is 2.26. The highest BCUT2D eigenvalue weighted by molar-refractivity contribution is 5.48. The van der Waals surface area contributed by atoms with Crippen LogP contribution in [0.4, 0.5) is 11.6 Å². The summed E-state index contributed by atoms with van der Waals surface area (Å²) in [5, 5.41) is 3.44. The second-order valence-corrected chi connectivity index (χ2v) is 5.23.